The molecule has 1 atom stereocenters. The number of rotatable bonds is 7. The lowest BCUT2D eigenvalue weighted by molar-refractivity contribution is -0.121. The molecule has 2 aromatic rings. The number of hydrogen-bond acceptors (Lipinski definition) is 3. The maximum atomic E-state index is 12.2. The first-order valence-corrected chi connectivity index (χ1v) is 8.46. The van der Waals surface area contributed by atoms with Crippen molar-refractivity contribution in [2.45, 2.75) is 32.7 Å². The van der Waals surface area contributed by atoms with Gasteiger partial charge in [0.2, 0.25) is 5.91 Å². The molecule has 1 amide bonds. The van der Waals surface area contributed by atoms with Gasteiger partial charge in [0.15, 0.2) is 0 Å². The number of likely N-dealkylation sites (N-methyl/N-ethyl adjacent to an activating group) is 1. The summed E-state index contributed by atoms with van der Waals surface area (Å²) < 4.78 is 0. The topological polar surface area (TPSA) is 61.0 Å². The molecule has 1 heterocycles. The van der Waals surface area contributed by atoms with Gasteiger partial charge >= 0.3 is 0 Å². The van der Waals surface area contributed by atoms with Crippen LogP contribution in [0.2, 0.25) is 5.02 Å². The molecular weight excluding hydrogens is 324 g/mol. The van der Waals surface area contributed by atoms with Gasteiger partial charge in [0, 0.05) is 23.7 Å². The lowest BCUT2D eigenvalue weighted by Gasteiger charge is -2.26. The summed E-state index contributed by atoms with van der Waals surface area (Å²) in [6.07, 6.45) is 1.14. The number of carbonyl (C=O) groups is 1. The molecule has 2 rings (SSSR count). The van der Waals surface area contributed by atoms with Gasteiger partial charge in [-0.25, -0.2) is 0 Å². The van der Waals surface area contributed by atoms with Crippen LogP contribution in [0.4, 0.5) is 0 Å². The third-order valence-corrected chi connectivity index (χ3v) is 4.61. The van der Waals surface area contributed by atoms with Crippen LogP contribution in [-0.4, -0.2) is 41.6 Å². The standard InChI is InChI=1S/C18H25ClN4O/c1-12-14(13(2)22-21-12)9-10-18(24)20-11-17(23(3)4)15-7-5-6-8-16(15)19/h5-8,17H,9-11H2,1-4H3,(H,20,24)(H,21,22). The largest absolute Gasteiger partial charge is 0.354 e. The highest BCUT2D eigenvalue weighted by molar-refractivity contribution is 6.31. The van der Waals surface area contributed by atoms with E-state index in [1.54, 1.807) is 0 Å². The predicted octanol–water partition coefficient (Wildman–Crippen LogP) is 3.03. The molecule has 1 aromatic carbocycles. The molecule has 0 saturated carbocycles. The summed E-state index contributed by atoms with van der Waals surface area (Å²) in [5.41, 5.74) is 4.14. The Labute approximate surface area is 148 Å². The first-order valence-electron chi connectivity index (χ1n) is 8.08. The van der Waals surface area contributed by atoms with Crippen LogP contribution in [0.3, 0.4) is 0 Å². The minimum absolute atomic E-state index is 0.0360. The quantitative estimate of drug-likeness (QED) is 0.808. The smallest absolute Gasteiger partial charge is 0.220 e. The zero-order valence-electron chi connectivity index (χ0n) is 14.7. The molecule has 0 bridgehead atoms. The molecule has 2 N–H and O–H groups in total. The Morgan fingerprint density at radius 2 is 2.04 bits per heavy atom. The number of halogens is 1. The molecule has 0 aliphatic rings. The first kappa shape index (κ1) is 18.5. The number of aromatic nitrogens is 2. The van der Waals surface area contributed by atoms with Crippen molar-refractivity contribution in [1.82, 2.24) is 20.4 Å². The van der Waals surface area contributed by atoms with Crippen LogP contribution < -0.4 is 5.32 Å². The molecule has 24 heavy (non-hydrogen) atoms. The SMILES string of the molecule is Cc1n[nH]c(C)c1CCC(=O)NCC(c1ccccc1Cl)N(C)C. The van der Waals surface area contributed by atoms with Crippen molar-refractivity contribution in [2.75, 3.05) is 20.6 Å². The number of nitrogens with zero attached hydrogens (tertiary/aromatic N) is 2. The average Bonchev–Trinajstić information content (AvgIpc) is 2.85. The summed E-state index contributed by atoms with van der Waals surface area (Å²) in [4.78, 5) is 14.3. The van der Waals surface area contributed by atoms with Gasteiger partial charge in [-0.3, -0.25) is 9.89 Å². The highest BCUT2D eigenvalue weighted by Gasteiger charge is 2.18. The number of benzene rings is 1. The normalized spacial score (nSPS) is 12.4. The van der Waals surface area contributed by atoms with Gasteiger partial charge in [0.05, 0.1) is 11.7 Å². The lowest BCUT2D eigenvalue weighted by atomic mass is 10.1. The molecule has 1 unspecified atom stereocenters. The number of hydrogen-bond donors (Lipinski definition) is 2. The number of carbonyl (C=O) groups excluding carboxylic acids is 1. The Morgan fingerprint density at radius 3 is 2.62 bits per heavy atom. The molecule has 0 saturated heterocycles. The molecule has 0 fully saturated rings. The van der Waals surface area contributed by atoms with E-state index >= 15 is 0 Å². The highest BCUT2D eigenvalue weighted by atomic mass is 35.5. The second-order valence-electron chi connectivity index (χ2n) is 6.22. The van der Waals surface area contributed by atoms with Crippen LogP contribution >= 0.6 is 11.6 Å². The average molecular weight is 349 g/mol. The number of aryl methyl sites for hydroxylation is 2. The molecule has 5 nitrogen and oxygen atoms in total. The van der Waals surface area contributed by atoms with Crippen molar-refractivity contribution in [3.8, 4) is 0 Å². The Kier molecular flexibility index (Phi) is 6.40. The first-order chi connectivity index (χ1) is 11.4. The Hall–Kier alpha value is -1.85. The molecule has 0 aliphatic carbocycles. The molecule has 0 spiro atoms. The molecule has 1 aromatic heterocycles. The molecular formula is C18H25ClN4O. The van der Waals surface area contributed by atoms with Gasteiger partial charge < -0.3 is 10.2 Å². The van der Waals surface area contributed by atoms with Gasteiger partial charge in [-0.15, -0.1) is 0 Å². The van der Waals surface area contributed by atoms with Gasteiger partial charge in [-0.2, -0.15) is 5.10 Å². The van der Waals surface area contributed by atoms with Crippen LogP contribution in [0.5, 0.6) is 0 Å². The van der Waals surface area contributed by atoms with E-state index in [9.17, 15) is 4.79 Å². The third kappa shape index (κ3) is 4.58. The van der Waals surface area contributed by atoms with Crippen LogP contribution in [0.15, 0.2) is 24.3 Å². The molecule has 0 aliphatic heterocycles. The number of amides is 1. The third-order valence-electron chi connectivity index (χ3n) is 4.26. The second kappa shape index (κ2) is 8.31. The van der Waals surface area contributed by atoms with E-state index in [1.165, 1.54) is 0 Å². The summed E-state index contributed by atoms with van der Waals surface area (Å²) in [7, 11) is 3.97. The van der Waals surface area contributed by atoms with Crippen molar-refractivity contribution < 1.29 is 4.79 Å². The number of H-pyrrole nitrogens is 1. The fourth-order valence-corrected chi connectivity index (χ4v) is 3.06. The van der Waals surface area contributed by atoms with Crippen LogP contribution in [0.1, 0.15) is 35.0 Å². The van der Waals surface area contributed by atoms with Crippen molar-refractivity contribution in [1.29, 1.82) is 0 Å². The van der Waals surface area contributed by atoms with E-state index in [2.05, 4.69) is 20.4 Å². The van der Waals surface area contributed by atoms with Crippen LogP contribution in [0.25, 0.3) is 0 Å². The predicted molar refractivity (Wildman–Crippen MR) is 97.3 cm³/mol. The van der Waals surface area contributed by atoms with Gasteiger partial charge in [0.25, 0.3) is 0 Å². The fourth-order valence-electron chi connectivity index (χ4n) is 2.80. The van der Waals surface area contributed by atoms with E-state index in [0.717, 1.165) is 27.5 Å². The van der Waals surface area contributed by atoms with Gasteiger partial charge in [-0.05, 0) is 51.6 Å². The van der Waals surface area contributed by atoms with Crippen LogP contribution in [0, 0.1) is 13.8 Å². The van der Waals surface area contributed by atoms with E-state index in [4.69, 9.17) is 11.6 Å². The van der Waals surface area contributed by atoms with E-state index < -0.39 is 0 Å². The maximum absolute atomic E-state index is 12.2. The maximum Gasteiger partial charge on any atom is 0.220 e. The van der Waals surface area contributed by atoms with Crippen molar-refractivity contribution >= 4 is 17.5 Å². The Bertz CT molecular complexity index is 677. The Morgan fingerprint density at radius 1 is 1.33 bits per heavy atom. The zero-order chi connectivity index (χ0) is 17.7. The van der Waals surface area contributed by atoms with Crippen LogP contribution in [-0.2, 0) is 11.2 Å². The summed E-state index contributed by atoms with van der Waals surface area (Å²) in [5.74, 6) is 0.0360. The van der Waals surface area contributed by atoms with E-state index in [0.29, 0.717) is 19.4 Å². The lowest BCUT2D eigenvalue weighted by Crippen LogP contribution is -2.34. The Balaban J connectivity index is 1.92. The molecule has 130 valence electrons. The number of nitrogens with one attached hydrogen (secondary N) is 2. The summed E-state index contributed by atoms with van der Waals surface area (Å²) in [6, 6.07) is 7.79. The van der Waals surface area contributed by atoms with E-state index in [-0.39, 0.29) is 11.9 Å². The van der Waals surface area contributed by atoms with Crippen molar-refractivity contribution in [3.63, 3.8) is 0 Å². The molecule has 0 radical (unpaired) electrons. The minimum atomic E-state index is 0.0360. The van der Waals surface area contributed by atoms with Crippen molar-refractivity contribution in [2.24, 2.45) is 0 Å². The fraction of sp³-hybridized carbons (Fsp3) is 0.444. The van der Waals surface area contributed by atoms with E-state index in [1.807, 2.05) is 52.2 Å². The van der Waals surface area contributed by atoms with Crippen molar-refractivity contribution in [3.05, 3.63) is 51.8 Å². The van der Waals surface area contributed by atoms with Gasteiger partial charge in [0.1, 0.15) is 0 Å². The number of aromatic amines is 1. The van der Waals surface area contributed by atoms with Gasteiger partial charge in [-0.1, -0.05) is 29.8 Å². The zero-order valence-corrected chi connectivity index (χ0v) is 15.4. The summed E-state index contributed by atoms with van der Waals surface area (Å²) >= 11 is 6.29. The second-order valence-corrected chi connectivity index (χ2v) is 6.62. The minimum Gasteiger partial charge on any atom is -0.354 e. The summed E-state index contributed by atoms with van der Waals surface area (Å²) in [5, 5.41) is 10.9. The molecule has 6 heteroatoms. The highest BCUT2D eigenvalue weighted by Crippen LogP contribution is 2.25. The monoisotopic (exact) mass is 348 g/mol. The summed E-state index contributed by atoms with van der Waals surface area (Å²) in [6.45, 7) is 4.46.